The number of ether oxygens (including phenoxy) is 1. The molecule has 2 unspecified atom stereocenters. The first kappa shape index (κ1) is 14.6. The molecule has 108 valence electrons. The van der Waals surface area contributed by atoms with Crippen LogP contribution in [0.1, 0.15) is 30.1 Å². The minimum atomic E-state index is -0.287. The third kappa shape index (κ3) is 3.59. The smallest absolute Gasteiger partial charge is 0.339 e. The van der Waals surface area contributed by atoms with E-state index < -0.39 is 0 Å². The number of pyridine rings is 1. The summed E-state index contributed by atoms with van der Waals surface area (Å²) in [7, 11) is 3.83. The summed E-state index contributed by atoms with van der Waals surface area (Å²) in [5.74, 6) is 1.54. The van der Waals surface area contributed by atoms with Crippen LogP contribution in [0, 0.1) is 11.8 Å². The van der Waals surface area contributed by atoms with Crippen molar-refractivity contribution in [3.63, 3.8) is 0 Å². The SMILES string of the molecule is CC1CC=CCC1COC(=O)c1ccc(N(C)C)nc1. The number of aromatic nitrogens is 1. The van der Waals surface area contributed by atoms with Crippen molar-refractivity contribution in [2.45, 2.75) is 19.8 Å². The second-order valence-corrected chi connectivity index (χ2v) is 5.58. The van der Waals surface area contributed by atoms with Gasteiger partial charge in [0.2, 0.25) is 0 Å². The summed E-state index contributed by atoms with van der Waals surface area (Å²) in [4.78, 5) is 18.1. The zero-order chi connectivity index (χ0) is 14.5. The molecule has 0 aromatic carbocycles. The van der Waals surface area contributed by atoms with Crippen LogP contribution in [0.3, 0.4) is 0 Å². The molecule has 0 bridgehead atoms. The Kier molecular flexibility index (Phi) is 4.77. The molecule has 0 saturated carbocycles. The van der Waals surface area contributed by atoms with Crippen molar-refractivity contribution in [2.75, 3.05) is 25.6 Å². The number of hydrogen-bond acceptors (Lipinski definition) is 4. The molecule has 0 saturated heterocycles. The summed E-state index contributed by atoms with van der Waals surface area (Å²) in [6.45, 7) is 2.69. The molecule has 1 aromatic rings. The van der Waals surface area contributed by atoms with Crippen molar-refractivity contribution in [1.82, 2.24) is 4.98 Å². The van der Waals surface area contributed by atoms with Gasteiger partial charge >= 0.3 is 5.97 Å². The van der Waals surface area contributed by atoms with Crippen LogP contribution in [0.5, 0.6) is 0 Å². The monoisotopic (exact) mass is 274 g/mol. The molecule has 0 spiro atoms. The molecule has 4 heteroatoms. The summed E-state index contributed by atoms with van der Waals surface area (Å²) in [5.41, 5.74) is 0.509. The van der Waals surface area contributed by atoms with Gasteiger partial charge in [-0.2, -0.15) is 0 Å². The maximum Gasteiger partial charge on any atom is 0.339 e. The van der Waals surface area contributed by atoms with Crippen LogP contribution < -0.4 is 4.90 Å². The average Bonchev–Trinajstić information content (AvgIpc) is 2.46. The number of rotatable bonds is 4. The van der Waals surface area contributed by atoms with Gasteiger partial charge in [0.1, 0.15) is 5.82 Å². The lowest BCUT2D eigenvalue weighted by Gasteiger charge is -2.24. The Morgan fingerprint density at radius 2 is 2.10 bits per heavy atom. The van der Waals surface area contributed by atoms with E-state index in [2.05, 4.69) is 24.1 Å². The molecule has 20 heavy (non-hydrogen) atoms. The van der Waals surface area contributed by atoms with Gasteiger partial charge in [0, 0.05) is 20.3 Å². The standard InChI is InChI=1S/C16H22N2O2/c1-12-6-4-5-7-14(12)11-20-16(19)13-8-9-15(17-10-13)18(2)3/h4-5,8-10,12,14H,6-7,11H2,1-3H3. The molecule has 1 heterocycles. The van der Waals surface area contributed by atoms with Crippen molar-refractivity contribution in [2.24, 2.45) is 11.8 Å². The molecular formula is C16H22N2O2. The van der Waals surface area contributed by atoms with Crippen LogP contribution in [-0.2, 0) is 4.74 Å². The highest BCUT2D eigenvalue weighted by molar-refractivity contribution is 5.89. The average molecular weight is 274 g/mol. The Labute approximate surface area is 120 Å². The third-order valence-corrected chi connectivity index (χ3v) is 3.79. The van der Waals surface area contributed by atoms with Gasteiger partial charge in [-0.05, 0) is 36.8 Å². The molecule has 1 aromatic heterocycles. The molecule has 0 radical (unpaired) electrons. The number of esters is 1. The van der Waals surface area contributed by atoms with Gasteiger partial charge in [-0.3, -0.25) is 0 Å². The van der Waals surface area contributed by atoms with E-state index in [9.17, 15) is 4.79 Å². The third-order valence-electron chi connectivity index (χ3n) is 3.79. The lowest BCUT2D eigenvalue weighted by Crippen LogP contribution is -2.21. The number of anilines is 1. The quantitative estimate of drug-likeness (QED) is 0.625. The molecule has 0 amide bonds. The predicted octanol–water partition coefficient (Wildman–Crippen LogP) is 2.91. The fourth-order valence-electron chi connectivity index (χ4n) is 2.28. The van der Waals surface area contributed by atoms with Crippen LogP contribution in [-0.4, -0.2) is 31.7 Å². The van der Waals surface area contributed by atoms with Crippen LogP contribution in [0.4, 0.5) is 5.82 Å². The molecule has 1 aliphatic rings. The molecule has 0 N–H and O–H groups in total. The van der Waals surface area contributed by atoms with Gasteiger partial charge in [-0.25, -0.2) is 9.78 Å². The van der Waals surface area contributed by atoms with Crippen LogP contribution in [0.15, 0.2) is 30.5 Å². The highest BCUT2D eigenvalue weighted by Crippen LogP contribution is 2.25. The Balaban J connectivity index is 1.90. The minimum absolute atomic E-state index is 0.287. The van der Waals surface area contributed by atoms with E-state index in [4.69, 9.17) is 4.74 Å². The second kappa shape index (κ2) is 6.55. The maximum atomic E-state index is 12.0. The fraction of sp³-hybridized carbons (Fsp3) is 0.500. The van der Waals surface area contributed by atoms with E-state index in [0.717, 1.165) is 18.7 Å². The molecule has 1 aliphatic carbocycles. The summed E-state index contributed by atoms with van der Waals surface area (Å²) in [5, 5.41) is 0. The van der Waals surface area contributed by atoms with Crippen molar-refractivity contribution >= 4 is 11.8 Å². The molecular weight excluding hydrogens is 252 g/mol. The van der Waals surface area contributed by atoms with Gasteiger partial charge in [-0.1, -0.05) is 19.1 Å². The Hall–Kier alpha value is -1.84. The van der Waals surface area contributed by atoms with E-state index in [1.54, 1.807) is 12.3 Å². The topological polar surface area (TPSA) is 42.4 Å². The van der Waals surface area contributed by atoms with Crippen molar-refractivity contribution in [3.8, 4) is 0 Å². The summed E-state index contributed by atoms with van der Waals surface area (Å²) >= 11 is 0. The Morgan fingerprint density at radius 3 is 2.70 bits per heavy atom. The highest BCUT2D eigenvalue weighted by Gasteiger charge is 2.20. The molecule has 2 atom stereocenters. The van der Waals surface area contributed by atoms with E-state index in [1.165, 1.54) is 0 Å². The summed E-state index contributed by atoms with van der Waals surface area (Å²) < 4.78 is 5.41. The lowest BCUT2D eigenvalue weighted by molar-refractivity contribution is 0.0395. The second-order valence-electron chi connectivity index (χ2n) is 5.58. The number of carbonyl (C=O) groups excluding carboxylic acids is 1. The van der Waals surface area contributed by atoms with Crippen LogP contribution in [0.2, 0.25) is 0 Å². The van der Waals surface area contributed by atoms with Crippen molar-refractivity contribution < 1.29 is 9.53 Å². The van der Waals surface area contributed by atoms with Gasteiger partial charge in [0.25, 0.3) is 0 Å². The first-order chi connectivity index (χ1) is 9.58. The van der Waals surface area contributed by atoms with E-state index in [0.29, 0.717) is 24.0 Å². The van der Waals surface area contributed by atoms with Crippen molar-refractivity contribution in [1.29, 1.82) is 0 Å². The van der Waals surface area contributed by atoms with Crippen LogP contribution >= 0.6 is 0 Å². The minimum Gasteiger partial charge on any atom is -0.462 e. The lowest BCUT2D eigenvalue weighted by atomic mass is 9.85. The summed E-state index contributed by atoms with van der Waals surface area (Å²) in [6.07, 6.45) is 8.01. The van der Waals surface area contributed by atoms with Crippen LogP contribution in [0.25, 0.3) is 0 Å². The molecule has 4 nitrogen and oxygen atoms in total. The van der Waals surface area contributed by atoms with Gasteiger partial charge in [0.15, 0.2) is 0 Å². The number of carbonyl (C=O) groups is 1. The highest BCUT2D eigenvalue weighted by atomic mass is 16.5. The normalized spacial score (nSPS) is 21.6. The predicted molar refractivity (Wildman–Crippen MR) is 79.9 cm³/mol. The maximum absolute atomic E-state index is 12.0. The number of hydrogen-bond donors (Lipinski definition) is 0. The number of nitrogens with zero attached hydrogens (tertiary/aromatic N) is 2. The van der Waals surface area contributed by atoms with Crippen molar-refractivity contribution in [3.05, 3.63) is 36.0 Å². The zero-order valence-electron chi connectivity index (χ0n) is 12.4. The zero-order valence-corrected chi connectivity index (χ0v) is 12.4. The molecule has 0 fully saturated rings. The fourth-order valence-corrected chi connectivity index (χ4v) is 2.28. The molecule has 2 rings (SSSR count). The first-order valence-corrected chi connectivity index (χ1v) is 7.03. The Bertz CT molecular complexity index is 480. The van der Waals surface area contributed by atoms with Gasteiger partial charge in [0.05, 0.1) is 12.2 Å². The number of allylic oxidation sites excluding steroid dienone is 2. The van der Waals surface area contributed by atoms with E-state index in [1.807, 2.05) is 25.1 Å². The van der Waals surface area contributed by atoms with Gasteiger partial charge < -0.3 is 9.64 Å². The van der Waals surface area contributed by atoms with Gasteiger partial charge in [-0.15, -0.1) is 0 Å². The first-order valence-electron chi connectivity index (χ1n) is 7.03. The largest absolute Gasteiger partial charge is 0.462 e. The van der Waals surface area contributed by atoms with E-state index >= 15 is 0 Å². The van der Waals surface area contributed by atoms with E-state index in [-0.39, 0.29) is 5.97 Å². The summed E-state index contributed by atoms with van der Waals surface area (Å²) in [6, 6.07) is 3.58. The molecule has 0 aliphatic heterocycles. The Morgan fingerprint density at radius 1 is 1.35 bits per heavy atom.